The Kier molecular flexibility index (Phi) is 4.25. The molecule has 0 spiro atoms. The van der Waals surface area contributed by atoms with Crippen LogP contribution in [0.2, 0.25) is 0 Å². The molecule has 4 heteroatoms. The number of halogens is 1. The average Bonchev–Trinajstić information content (AvgIpc) is 2.46. The Morgan fingerprint density at radius 2 is 1.70 bits per heavy atom. The van der Waals surface area contributed by atoms with Crippen molar-refractivity contribution in [1.82, 2.24) is 0 Å². The molecular weight excluding hydrogens is 257 g/mol. The molecule has 3 nitrogen and oxygen atoms in total. The molecule has 0 saturated heterocycles. The SMILES string of the molecule is COc1cc(F)c(C(N)c2cccc(C)c2)cc1OC. The van der Waals surface area contributed by atoms with Gasteiger partial charge in [-0.1, -0.05) is 29.8 Å². The van der Waals surface area contributed by atoms with Crippen molar-refractivity contribution in [1.29, 1.82) is 0 Å². The summed E-state index contributed by atoms with van der Waals surface area (Å²) in [5.41, 5.74) is 8.49. The molecule has 0 radical (unpaired) electrons. The Morgan fingerprint density at radius 1 is 1.05 bits per heavy atom. The van der Waals surface area contributed by atoms with Crippen molar-refractivity contribution < 1.29 is 13.9 Å². The van der Waals surface area contributed by atoms with E-state index < -0.39 is 11.9 Å². The zero-order valence-electron chi connectivity index (χ0n) is 11.8. The lowest BCUT2D eigenvalue weighted by Gasteiger charge is -2.17. The van der Waals surface area contributed by atoms with E-state index in [4.69, 9.17) is 15.2 Å². The predicted octanol–water partition coefficient (Wildman–Crippen LogP) is 3.20. The van der Waals surface area contributed by atoms with Gasteiger partial charge in [0.2, 0.25) is 0 Å². The Hall–Kier alpha value is -2.07. The van der Waals surface area contributed by atoms with Crippen LogP contribution in [0.25, 0.3) is 0 Å². The highest BCUT2D eigenvalue weighted by Gasteiger charge is 2.18. The molecule has 0 saturated carbocycles. The molecule has 0 bridgehead atoms. The van der Waals surface area contributed by atoms with E-state index >= 15 is 0 Å². The van der Waals surface area contributed by atoms with Crippen LogP contribution in [0.15, 0.2) is 36.4 Å². The van der Waals surface area contributed by atoms with Crippen LogP contribution >= 0.6 is 0 Å². The second-order valence-electron chi connectivity index (χ2n) is 4.62. The molecule has 2 aromatic rings. The van der Waals surface area contributed by atoms with Gasteiger partial charge in [0.15, 0.2) is 11.5 Å². The van der Waals surface area contributed by atoms with E-state index in [1.54, 1.807) is 6.07 Å². The lowest BCUT2D eigenvalue weighted by Crippen LogP contribution is -2.14. The first-order valence-electron chi connectivity index (χ1n) is 6.30. The molecule has 0 aromatic heterocycles. The molecule has 1 atom stereocenters. The molecule has 2 aromatic carbocycles. The Bertz CT molecular complexity index is 613. The first-order valence-corrected chi connectivity index (χ1v) is 6.30. The van der Waals surface area contributed by atoms with Crippen LogP contribution in [-0.4, -0.2) is 14.2 Å². The minimum atomic E-state index is -0.547. The largest absolute Gasteiger partial charge is 0.493 e. The van der Waals surface area contributed by atoms with Crippen LogP contribution in [0, 0.1) is 12.7 Å². The minimum absolute atomic E-state index is 0.352. The van der Waals surface area contributed by atoms with Gasteiger partial charge in [0.25, 0.3) is 0 Å². The summed E-state index contributed by atoms with van der Waals surface area (Å²) in [6, 6.07) is 10.0. The Balaban J connectivity index is 2.46. The van der Waals surface area contributed by atoms with E-state index in [0.717, 1.165) is 11.1 Å². The quantitative estimate of drug-likeness (QED) is 0.932. The van der Waals surface area contributed by atoms with Gasteiger partial charge in [-0.15, -0.1) is 0 Å². The number of hydrogen-bond donors (Lipinski definition) is 1. The standard InChI is InChI=1S/C16H18FNO2/c1-10-5-4-6-11(7-10)16(18)12-8-14(19-2)15(20-3)9-13(12)17/h4-9,16H,18H2,1-3H3. The van der Waals surface area contributed by atoms with Gasteiger partial charge in [0, 0.05) is 11.6 Å². The number of ether oxygens (including phenoxy) is 2. The van der Waals surface area contributed by atoms with Gasteiger partial charge in [-0.25, -0.2) is 4.39 Å². The van der Waals surface area contributed by atoms with Crippen molar-refractivity contribution in [3.05, 3.63) is 58.9 Å². The minimum Gasteiger partial charge on any atom is -0.493 e. The second kappa shape index (κ2) is 5.92. The third-order valence-electron chi connectivity index (χ3n) is 3.24. The topological polar surface area (TPSA) is 44.5 Å². The van der Waals surface area contributed by atoms with Gasteiger partial charge >= 0.3 is 0 Å². The maximum atomic E-state index is 14.2. The van der Waals surface area contributed by atoms with Gasteiger partial charge in [-0.3, -0.25) is 0 Å². The monoisotopic (exact) mass is 275 g/mol. The fourth-order valence-corrected chi connectivity index (χ4v) is 2.15. The normalized spacial score (nSPS) is 12.1. The van der Waals surface area contributed by atoms with E-state index in [1.807, 2.05) is 31.2 Å². The summed E-state index contributed by atoms with van der Waals surface area (Å²) in [5.74, 6) is 0.411. The van der Waals surface area contributed by atoms with Crippen LogP contribution in [0.5, 0.6) is 11.5 Å². The maximum absolute atomic E-state index is 14.2. The summed E-state index contributed by atoms with van der Waals surface area (Å²) in [5, 5.41) is 0. The predicted molar refractivity (Wildman–Crippen MR) is 76.7 cm³/mol. The molecule has 106 valence electrons. The molecule has 0 fully saturated rings. The van der Waals surface area contributed by atoms with Crippen molar-refractivity contribution in [2.24, 2.45) is 5.73 Å². The number of nitrogens with two attached hydrogens (primary N) is 1. The summed E-state index contributed by atoms with van der Waals surface area (Å²) in [6.45, 7) is 1.97. The summed E-state index contributed by atoms with van der Waals surface area (Å²) >= 11 is 0. The van der Waals surface area contributed by atoms with Crippen molar-refractivity contribution in [2.75, 3.05) is 14.2 Å². The Morgan fingerprint density at radius 3 is 2.30 bits per heavy atom. The fourth-order valence-electron chi connectivity index (χ4n) is 2.15. The average molecular weight is 275 g/mol. The van der Waals surface area contributed by atoms with E-state index in [0.29, 0.717) is 17.1 Å². The van der Waals surface area contributed by atoms with E-state index in [2.05, 4.69) is 0 Å². The summed E-state index contributed by atoms with van der Waals surface area (Å²) in [7, 11) is 2.98. The van der Waals surface area contributed by atoms with Crippen molar-refractivity contribution >= 4 is 0 Å². The fraction of sp³-hybridized carbons (Fsp3) is 0.250. The smallest absolute Gasteiger partial charge is 0.163 e. The molecule has 20 heavy (non-hydrogen) atoms. The molecule has 0 amide bonds. The molecule has 0 aliphatic heterocycles. The van der Waals surface area contributed by atoms with Gasteiger partial charge in [-0.2, -0.15) is 0 Å². The first-order chi connectivity index (χ1) is 9.56. The van der Waals surface area contributed by atoms with Crippen molar-refractivity contribution in [3.63, 3.8) is 0 Å². The summed E-state index contributed by atoms with van der Waals surface area (Å²) in [4.78, 5) is 0. The Labute approximate surface area is 118 Å². The molecule has 0 aliphatic carbocycles. The second-order valence-corrected chi connectivity index (χ2v) is 4.62. The first kappa shape index (κ1) is 14.3. The lowest BCUT2D eigenvalue weighted by atomic mass is 9.97. The lowest BCUT2D eigenvalue weighted by molar-refractivity contribution is 0.351. The third kappa shape index (κ3) is 2.75. The van der Waals surface area contributed by atoms with Crippen LogP contribution in [0.4, 0.5) is 4.39 Å². The molecule has 2 rings (SSSR count). The highest BCUT2D eigenvalue weighted by Crippen LogP contribution is 2.33. The number of benzene rings is 2. The molecular formula is C16H18FNO2. The van der Waals surface area contributed by atoms with Gasteiger partial charge in [0.1, 0.15) is 5.82 Å². The number of rotatable bonds is 4. The summed E-state index contributed by atoms with van der Waals surface area (Å²) in [6.07, 6.45) is 0. The number of methoxy groups -OCH3 is 2. The molecule has 2 N–H and O–H groups in total. The van der Waals surface area contributed by atoms with E-state index in [9.17, 15) is 4.39 Å². The number of hydrogen-bond acceptors (Lipinski definition) is 3. The zero-order valence-corrected chi connectivity index (χ0v) is 11.8. The molecule has 0 aliphatic rings. The molecule has 0 heterocycles. The van der Waals surface area contributed by atoms with Crippen LogP contribution in [0.3, 0.4) is 0 Å². The van der Waals surface area contributed by atoms with E-state index in [-0.39, 0.29) is 0 Å². The maximum Gasteiger partial charge on any atom is 0.163 e. The van der Waals surface area contributed by atoms with Gasteiger partial charge in [-0.05, 0) is 18.6 Å². The highest BCUT2D eigenvalue weighted by atomic mass is 19.1. The van der Waals surface area contributed by atoms with Crippen LogP contribution in [-0.2, 0) is 0 Å². The highest BCUT2D eigenvalue weighted by molar-refractivity contribution is 5.46. The third-order valence-corrected chi connectivity index (χ3v) is 3.24. The molecule has 1 unspecified atom stereocenters. The van der Waals surface area contributed by atoms with Gasteiger partial charge in [0.05, 0.1) is 20.3 Å². The van der Waals surface area contributed by atoms with E-state index in [1.165, 1.54) is 20.3 Å². The zero-order chi connectivity index (χ0) is 14.7. The van der Waals surface area contributed by atoms with Crippen LogP contribution < -0.4 is 15.2 Å². The number of aryl methyl sites for hydroxylation is 1. The van der Waals surface area contributed by atoms with Gasteiger partial charge < -0.3 is 15.2 Å². The van der Waals surface area contributed by atoms with Crippen LogP contribution in [0.1, 0.15) is 22.7 Å². The van der Waals surface area contributed by atoms with Crippen molar-refractivity contribution in [3.8, 4) is 11.5 Å². The van der Waals surface area contributed by atoms with Crippen molar-refractivity contribution in [2.45, 2.75) is 13.0 Å². The summed E-state index contributed by atoms with van der Waals surface area (Å²) < 4.78 is 24.4.